The number of aliphatic hydroxyl groups excluding tert-OH is 5. The molecule has 9 atom stereocenters. The van der Waals surface area contributed by atoms with E-state index < -0.39 is 80.6 Å². The molecule has 3 aliphatic heterocycles. The molecule has 2 fully saturated rings. The zero-order valence-corrected chi connectivity index (χ0v) is 22.4. The van der Waals surface area contributed by atoms with Crippen LogP contribution in [0.3, 0.4) is 0 Å². The zero-order chi connectivity index (χ0) is 30.2. The van der Waals surface area contributed by atoms with Crippen LogP contribution in [0.4, 0.5) is 0 Å². The molecule has 6 N–H and O–H groups in total. The number of aromatic hydroxyl groups is 1. The fourth-order valence-electron chi connectivity index (χ4n) is 5.15. The van der Waals surface area contributed by atoms with E-state index in [1.54, 1.807) is 24.3 Å². The molecule has 14 nitrogen and oxygen atoms in total. The summed E-state index contributed by atoms with van der Waals surface area (Å²) < 4.78 is 33.7. The first-order valence-corrected chi connectivity index (χ1v) is 13.2. The van der Waals surface area contributed by atoms with Gasteiger partial charge in [0, 0.05) is 13.0 Å². The van der Waals surface area contributed by atoms with Gasteiger partial charge in [0.15, 0.2) is 23.8 Å². The van der Waals surface area contributed by atoms with E-state index in [2.05, 4.69) is 0 Å². The van der Waals surface area contributed by atoms with Crippen molar-refractivity contribution in [2.24, 2.45) is 0 Å². The van der Waals surface area contributed by atoms with Gasteiger partial charge >= 0.3 is 5.97 Å². The van der Waals surface area contributed by atoms with Crippen LogP contribution >= 0.6 is 0 Å². The average molecular weight is 593 g/mol. The second-order valence-corrected chi connectivity index (χ2v) is 10.3. The molecule has 14 heteroatoms. The molecule has 2 aromatic carbocycles. The largest absolute Gasteiger partial charge is 0.508 e. The number of ketones is 1. The van der Waals surface area contributed by atoms with Gasteiger partial charge in [-0.15, -0.1) is 0 Å². The Hall–Kier alpha value is -3.34. The van der Waals surface area contributed by atoms with Crippen LogP contribution in [-0.4, -0.2) is 111 Å². The molecule has 0 saturated carbocycles. The standard InChI is InChI=1S/C28H32O14/c1-13(31)42-28(11-30)12-37-27(25(28)36)41-24-23(35)22(34)21(10-29)40-26(24)38-16-5-2-14(3-6-16)19-9-18(33)17-7-4-15(32)8-20(17)39-19/h2-8,19,21-27,29-30,32,34-36H,9-12H2,1H3/t19-,21+,22+,23-,24+,25-,26+,27-,28+/m0/s1. The lowest BCUT2D eigenvalue weighted by Crippen LogP contribution is -2.62. The molecular formula is C28H32O14. The lowest BCUT2D eigenvalue weighted by Gasteiger charge is -2.42. The molecule has 3 heterocycles. The predicted octanol–water partition coefficient (Wildman–Crippen LogP) is -0.687. The van der Waals surface area contributed by atoms with Crippen LogP contribution in [0.5, 0.6) is 17.2 Å². The molecule has 2 saturated heterocycles. The number of hydrogen-bond acceptors (Lipinski definition) is 14. The molecule has 0 amide bonds. The number of hydrogen-bond donors (Lipinski definition) is 6. The van der Waals surface area contributed by atoms with Gasteiger partial charge in [-0.25, -0.2) is 0 Å². The van der Waals surface area contributed by atoms with Crippen molar-refractivity contribution in [2.45, 2.75) is 68.1 Å². The van der Waals surface area contributed by atoms with Crippen molar-refractivity contribution in [2.75, 3.05) is 19.8 Å². The molecule has 3 aliphatic rings. The number of aliphatic hydroxyl groups is 5. The maximum absolute atomic E-state index is 12.6. The normalized spacial score (nSPS) is 34.4. The van der Waals surface area contributed by atoms with Gasteiger partial charge in [-0.1, -0.05) is 12.1 Å². The molecule has 0 aromatic heterocycles. The van der Waals surface area contributed by atoms with E-state index in [-0.39, 0.29) is 29.5 Å². The summed E-state index contributed by atoms with van der Waals surface area (Å²) in [5, 5.41) is 61.2. The van der Waals surface area contributed by atoms with E-state index >= 15 is 0 Å². The third kappa shape index (κ3) is 5.80. The van der Waals surface area contributed by atoms with Crippen molar-refractivity contribution in [3.8, 4) is 17.2 Å². The lowest BCUT2D eigenvalue weighted by atomic mass is 9.96. The van der Waals surface area contributed by atoms with E-state index in [1.807, 2.05) is 0 Å². The van der Waals surface area contributed by atoms with Gasteiger partial charge in [0.25, 0.3) is 0 Å². The number of carbonyl (C=O) groups excluding carboxylic acids is 2. The van der Waals surface area contributed by atoms with Gasteiger partial charge < -0.3 is 59.1 Å². The highest BCUT2D eigenvalue weighted by Gasteiger charge is 2.56. The number of ether oxygens (including phenoxy) is 6. The summed E-state index contributed by atoms with van der Waals surface area (Å²) in [5.74, 6) is -0.465. The van der Waals surface area contributed by atoms with Crippen molar-refractivity contribution in [3.63, 3.8) is 0 Å². The summed E-state index contributed by atoms with van der Waals surface area (Å²) in [6, 6.07) is 10.7. The number of fused-ring (bicyclic) bond motifs is 1. The first-order valence-electron chi connectivity index (χ1n) is 13.2. The summed E-state index contributed by atoms with van der Waals surface area (Å²) in [5.41, 5.74) is -0.791. The number of carbonyl (C=O) groups is 2. The highest BCUT2D eigenvalue weighted by Crippen LogP contribution is 2.38. The molecule has 0 radical (unpaired) electrons. The fraction of sp³-hybridized carbons (Fsp3) is 0.500. The molecule has 2 aromatic rings. The number of Topliss-reactive ketones (excluding diaryl/α,β-unsaturated/α-hetero) is 1. The molecule has 42 heavy (non-hydrogen) atoms. The first-order chi connectivity index (χ1) is 20.0. The quantitative estimate of drug-likeness (QED) is 0.210. The second kappa shape index (κ2) is 12.1. The molecule has 0 aliphatic carbocycles. The molecule has 0 bridgehead atoms. The number of benzene rings is 2. The summed E-state index contributed by atoms with van der Waals surface area (Å²) in [4.78, 5) is 24.1. The number of phenols is 1. The van der Waals surface area contributed by atoms with Gasteiger partial charge in [0.05, 0.1) is 31.8 Å². The van der Waals surface area contributed by atoms with Crippen molar-refractivity contribution in [3.05, 3.63) is 53.6 Å². The first kappa shape index (κ1) is 30.1. The van der Waals surface area contributed by atoms with Crippen LogP contribution in [0.1, 0.15) is 35.4 Å². The van der Waals surface area contributed by atoms with Crippen LogP contribution in [0.25, 0.3) is 0 Å². The number of phenolic OH excluding ortho intramolecular Hbond substituents is 1. The second-order valence-electron chi connectivity index (χ2n) is 10.3. The van der Waals surface area contributed by atoms with E-state index in [1.165, 1.54) is 18.2 Å². The van der Waals surface area contributed by atoms with E-state index in [4.69, 9.17) is 28.4 Å². The van der Waals surface area contributed by atoms with E-state index in [9.17, 15) is 40.2 Å². The third-order valence-electron chi connectivity index (χ3n) is 7.43. The summed E-state index contributed by atoms with van der Waals surface area (Å²) in [6.07, 6.45) is -11.1. The minimum absolute atomic E-state index is 0.0346. The van der Waals surface area contributed by atoms with Gasteiger partial charge in [-0.3, -0.25) is 9.59 Å². The topological polar surface area (TPSA) is 211 Å². The van der Waals surface area contributed by atoms with Gasteiger partial charge in [0.1, 0.15) is 47.8 Å². The highest BCUT2D eigenvalue weighted by atomic mass is 16.8. The van der Waals surface area contributed by atoms with E-state index in [0.717, 1.165) is 6.92 Å². The summed E-state index contributed by atoms with van der Waals surface area (Å²) in [6.45, 7) is -0.749. The minimum atomic E-state index is -1.81. The predicted molar refractivity (Wildman–Crippen MR) is 137 cm³/mol. The van der Waals surface area contributed by atoms with Crippen molar-refractivity contribution in [1.82, 2.24) is 0 Å². The van der Waals surface area contributed by atoms with Crippen molar-refractivity contribution >= 4 is 11.8 Å². The van der Waals surface area contributed by atoms with Crippen LogP contribution < -0.4 is 9.47 Å². The highest BCUT2D eigenvalue weighted by molar-refractivity contribution is 6.00. The smallest absolute Gasteiger partial charge is 0.303 e. The summed E-state index contributed by atoms with van der Waals surface area (Å²) in [7, 11) is 0. The number of esters is 1. The lowest BCUT2D eigenvalue weighted by molar-refractivity contribution is -0.319. The zero-order valence-electron chi connectivity index (χ0n) is 22.4. The van der Waals surface area contributed by atoms with Gasteiger partial charge in [-0.05, 0) is 29.8 Å². The SMILES string of the molecule is CC(=O)O[C@]1(CO)CO[C@@H](O[C@H]2[C@H](Oc3ccc([C@@H]4CC(=O)c5ccc(O)cc5O4)cc3)O[C@H](CO)[C@@H](O)[C@@H]2O)[C@@H]1O. The Labute approximate surface area is 239 Å². The van der Waals surface area contributed by atoms with E-state index in [0.29, 0.717) is 11.1 Å². The van der Waals surface area contributed by atoms with Crippen molar-refractivity contribution < 1.29 is 68.6 Å². The number of rotatable bonds is 8. The Morgan fingerprint density at radius 2 is 1.79 bits per heavy atom. The fourth-order valence-corrected chi connectivity index (χ4v) is 5.15. The Kier molecular flexibility index (Phi) is 8.68. The molecule has 228 valence electrons. The van der Waals surface area contributed by atoms with Crippen LogP contribution in [0, 0.1) is 0 Å². The Bertz CT molecular complexity index is 1280. The Morgan fingerprint density at radius 3 is 2.45 bits per heavy atom. The average Bonchev–Trinajstić information content (AvgIpc) is 3.26. The molecule has 0 spiro atoms. The molecule has 0 unspecified atom stereocenters. The maximum Gasteiger partial charge on any atom is 0.303 e. The third-order valence-corrected chi connectivity index (χ3v) is 7.43. The summed E-state index contributed by atoms with van der Waals surface area (Å²) >= 11 is 0. The molecule has 5 rings (SSSR count). The van der Waals surface area contributed by atoms with Gasteiger partial charge in [-0.2, -0.15) is 0 Å². The Morgan fingerprint density at radius 1 is 1.05 bits per heavy atom. The molecular weight excluding hydrogens is 560 g/mol. The van der Waals surface area contributed by atoms with Crippen LogP contribution in [0.15, 0.2) is 42.5 Å². The van der Waals surface area contributed by atoms with Crippen molar-refractivity contribution in [1.29, 1.82) is 0 Å². The maximum atomic E-state index is 12.6. The monoisotopic (exact) mass is 592 g/mol. The minimum Gasteiger partial charge on any atom is -0.508 e. The van der Waals surface area contributed by atoms with Gasteiger partial charge in [0.2, 0.25) is 6.29 Å². The van der Waals surface area contributed by atoms with Crippen LogP contribution in [-0.2, 0) is 23.7 Å². The Balaban J connectivity index is 1.31. The van der Waals surface area contributed by atoms with Crippen LogP contribution in [0.2, 0.25) is 0 Å².